The molecule has 0 bridgehead atoms. The highest BCUT2D eigenvalue weighted by atomic mass is 16.5. The van der Waals surface area contributed by atoms with Crippen molar-refractivity contribution in [2.24, 2.45) is 0 Å². The van der Waals surface area contributed by atoms with Crippen LogP contribution >= 0.6 is 0 Å². The summed E-state index contributed by atoms with van der Waals surface area (Å²) >= 11 is 0. The number of hydrogen-bond donors (Lipinski definition) is 0. The summed E-state index contributed by atoms with van der Waals surface area (Å²) in [6, 6.07) is 0. The summed E-state index contributed by atoms with van der Waals surface area (Å²) in [7, 11) is 0. The van der Waals surface area contributed by atoms with Crippen molar-refractivity contribution in [1.29, 1.82) is 0 Å². The van der Waals surface area contributed by atoms with Gasteiger partial charge in [0.1, 0.15) is 0 Å². The largest absolute Gasteiger partial charge is 0.499 e. The summed E-state index contributed by atoms with van der Waals surface area (Å²) in [5, 5.41) is 0. The van der Waals surface area contributed by atoms with Crippen molar-refractivity contribution in [2.75, 3.05) is 0 Å². The van der Waals surface area contributed by atoms with Crippen molar-refractivity contribution in [3.63, 3.8) is 0 Å². The molecule has 0 aliphatic heterocycles. The Morgan fingerprint density at radius 1 is 1.17 bits per heavy atom. The Bertz CT molecular complexity index is 106. The SMILES string of the molecule is CCCCCCC=COC(C)C. The number of rotatable bonds is 7. The zero-order chi connectivity index (χ0) is 9.23. The molecule has 0 aromatic rings. The summed E-state index contributed by atoms with van der Waals surface area (Å²) < 4.78 is 5.27. The van der Waals surface area contributed by atoms with E-state index in [2.05, 4.69) is 13.0 Å². The van der Waals surface area contributed by atoms with Crippen molar-refractivity contribution in [3.05, 3.63) is 12.3 Å². The van der Waals surface area contributed by atoms with E-state index in [0.29, 0.717) is 6.10 Å². The molecule has 0 fully saturated rings. The molecule has 0 radical (unpaired) electrons. The molecule has 0 amide bonds. The predicted molar refractivity (Wildman–Crippen MR) is 54.1 cm³/mol. The Kier molecular flexibility index (Phi) is 8.30. The minimum Gasteiger partial charge on any atom is -0.499 e. The first-order chi connectivity index (χ1) is 5.77. The lowest BCUT2D eigenvalue weighted by Gasteiger charge is -2.02. The minimum atomic E-state index is 0.317. The van der Waals surface area contributed by atoms with Crippen LogP contribution < -0.4 is 0 Å². The molecule has 0 heterocycles. The molecule has 0 aromatic carbocycles. The third-order valence-electron chi connectivity index (χ3n) is 1.67. The average Bonchev–Trinajstić information content (AvgIpc) is 2.02. The average molecular weight is 170 g/mol. The molecule has 0 aromatic heterocycles. The molecule has 12 heavy (non-hydrogen) atoms. The summed E-state index contributed by atoms with van der Waals surface area (Å²) in [5.41, 5.74) is 0. The van der Waals surface area contributed by atoms with Gasteiger partial charge < -0.3 is 4.74 Å². The Hall–Kier alpha value is -0.460. The van der Waals surface area contributed by atoms with E-state index in [9.17, 15) is 0 Å². The maximum atomic E-state index is 5.27. The monoisotopic (exact) mass is 170 g/mol. The predicted octanol–water partition coefficient (Wildman–Crippen LogP) is 3.90. The fourth-order valence-electron chi connectivity index (χ4n) is 0.970. The zero-order valence-corrected chi connectivity index (χ0v) is 8.68. The molecule has 0 spiro atoms. The van der Waals surface area contributed by atoms with Gasteiger partial charge >= 0.3 is 0 Å². The lowest BCUT2D eigenvalue weighted by atomic mass is 10.1. The standard InChI is InChI=1S/C11H22O/c1-4-5-6-7-8-9-10-12-11(2)3/h9-11H,4-8H2,1-3H3. The summed E-state index contributed by atoms with van der Waals surface area (Å²) in [6.45, 7) is 6.32. The van der Waals surface area contributed by atoms with E-state index in [0.717, 1.165) is 6.42 Å². The van der Waals surface area contributed by atoms with Crippen LogP contribution in [-0.4, -0.2) is 6.10 Å². The molecular formula is C11H22O. The first-order valence-corrected chi connectivity index (χ1v) is 5.07. The van der Waals surface area contributed by atoms with Crippen LogP contribution in [0.5, 0.6) is 0 Å². The maximum absolute atomic E-state index is 5.27. The normalized spacial score (nSPS) is 11.3. The van der Waals surface area contributed by atoms with Gasteiger partial charge in [-0.2, -0.15) is 0 Å². The first-order valence-electron chi connectivity index (χ1n) is 5.07. The first kappa shape index (κ1) is 11.5. The lowest BCUT2D eigenvalue weighted by Crippen LogP contribution is -1.94. The second-order valence-corrected chi connectivity index (χ2v) is 3.41. The van der Waals surface area contributed by atoms with Gasteiger partial charge in [0.05, 0.1) is 12.4 Å². The topological polar surface area (TPSA) is 9.23 Å². The molecule has 0 N–H and O–H groups in total. The summed E-state index contributed by atoms with van der Waals surface area (Å²) in [4.78, 5) is 0. The van der Waals surface area contributed by atoms with E-state index in [1.54, 1.807) is 0 Å². The molecule has 1 nitrogen and oxygen atoms in total. The van der Waals surface area contributed by atoms with Crippen LogP contribution in [0.15, 0.2) is 12.3 Å². The van der Waals surface area contributed by atoms with Gasteiger partial charge in [0.15, 0.2) is 0 Å². The number of unbranched alkanes of at least 4 members (excludes halogenated alkanes) is 4. The Morgan fingerprint density at radius 3 is 2.50 bits per heavy atom. The molecule has 72 valence electrons. The zero-order valence-electron chi connectivity index (χ0n) is 8.68. The highest BCUT2D eigenvalue weighted by Crippen LogP contribution is 2.03. The van der Waals surface area contributed by atoms with E-state index >= 15 is 0 Å². The van der Waals surface area contributed by atoms with Crippen LogP contribution in [0, 0.1) is 0 Å². The quantitative estimate of drug-likeness (QED) is 0.416. The van der Waals surface area contributed by atoms with Crippen LogP contribution in [0.1, 0.15) is 52.9 Å². The Morgan fingerprint density at radius 2 is 1.92 bits per heavy atom. The highest BCUT2D eigenvalue weighted by Gasteiger charge is 1.86. The fraction of sp³-hybridized carbons (Fsp3) is 0.818. The van der Waals surface area contributed by atoms with Crippen molar-refractivity contribution < 1.29 is 4.74 Å². The Balaban J connectivity index is 3.03. The third-order valence-corrected chi connectivity index (χ3v) is 1.67. The molecule has 0 rings (SSSR count). The molecule has 0 saturated heterocycles. The van der Waals surface area contributed by atoms with Crippen LogP contribution in [0.2, 0.25) is 0 Å². The minimum absolute atomic E-state index is 0.317. The summed E-state index contributed by atoms with van der Waals surface area (Å²) in [5.74, 6) is 0. The van der Waals surface area contributed by atoms with Crippen molar-refractivity contribution in [2.45, 2.75) is 59.0 Å². The molecule has 1 heteroatoms. The van der Waals surface area contributed by atoms with Gasteiger partial charge in [-0.05, 0) is 32.8 Å². The van der Waals surface area contributed by atoms with Gasteiger partial charge in [-0.25, -0.2) is 0 Å². The van der Waals surface area contributed by atoms with Gasteiger partial charge in [-0.3, -0.25) is 0 Å². The second-order valence-electron chi connectivity index (χ2n) is 3.41. The van der Waals surface area contributed by atoms with Crippen LogP contribution in [0.4, 0.5) is 0 Å². The lowest BCUT2D eigenvalue weighted by molar-refractivity contribution is 0.178. The third kappa shape index (κ3) is 9.54. The molecular weight excluding hydrogens is 148 g/mol. The maximum Gasteiger partial charge on any atom is 0.0922 e. The molecule has 0 aliphatic rings. The number of allylic oxidation sites excluding steroid dienone is 1. The van der Waals surface area contributed by atoms with E-state index in [4.69, 9.17) is 4.74 Å². The van der Waals surface area contributed by atoms with Crippen molar-refractivity contribution in [1.82, 2.24) is 0 Å². The van der Waals surface area contributed by atoms with Gasteiger partial charge in [-0.15, -0.1) is 0 Å². The smallest absolute Gasteiger partial charge is 0.0922 e. The van der Waals surface area contributed by atoms with Crippen LogP contribution in [0.3, 0.4) is 0 Å². The van der Waals surface area contributed by atoms with Crippen molar-refractivity contribution >= 4 is 0 Å². The van der Waals surface area contributed by atoms with Gasteiger partial charge in [0.25, 0.3) is 0 Å². The van der Waals surface area contributed by atoms with Gasteiger partial charge in [0, 0.05) is 0 Å². The van der Waals surface area contributed by atoms with Crippen LogP contribution in [0.25, 0.3) is 0 Å². The highest BCUT2D eigenvalue weighted by molar-refractivity contribution is 4.73. The summed E-state index contributed by atoms with van der Waals surface area (Å²) in [6.07, 6.45) is 10.7. The van der Waals surface area contributed by atoms with E-state index in [1.165, 1.54) is 25.7 Å². The molecule has 0 aliphatic carbocycles. The number of ether oxygens (including phenoxy) is 1. The van der Waals surface area contributed by atoms with E-state index < -0.39 is 0 Å². The fourth-order valence-corrected chi connectivity index (χ4v) is 0.970. The molecule has 0 unspecified atom stereocenters. The van der Waals surface area contributed by atoms with Crippen LogP contribution in [-0.2, 0) is 4.74 Å². The van der Waals surface area contributed by atoms with Gasteiger partial charge in [0.2, 0.25) is 0 Å². The van der Waals surface area contributed by atoms with E-state index in [-0.39, 0.29) is 0 Å². The molecule has 0 saturated carbocycles. The van der Waals surface area contributed by atoms with Crippen molar-refractivity contribution in [3.8, 4) is 0 Å². The Labute approximate surface area is 76.8 Å². The second kappa shape index (κ2) is 8.63. The van der Waals surface area contributed by atoms with E-state index in [1.807, 2.05) is 20.1 Å². The molecule has 0 atom stereocenters. The number of hydrogen-bond acceptors (Lipinski definition) is 1. The van der Waals surface area contributed by atoms with Gasteiger partial charge in [-0.1, -0.05) is 26.2 Å².